The highest BCUT2D eigenvalue weighted by atomic mass is 35.5. The van der Waals surface area contributed by atoms with E-state index in [1.807, 2.05) is 6.92 Å². The molecule has 0 aromatic carbocycles. The van der Waals surface area contributed by atoms with E-state index >= 15 is 0 Å². The molecule has 0 saturated heterocycles. The van der Waals surface area contributed by atoms with E-state index in [1.165, 1.54) is 12.3 Å². The van der Waals surface area contributed by atoms with Gasteiger partial charge in [0.1, 0.15) is 0 Å². The fraction of sp³-hybridized carbons (Fsp3) is 0.0833. The molecule has 1 aromatic rings. The third kappa shape index (κ3) is 2.54. The van der Waals surface area contributed by atoms with Crippen molar-refractivity contribution in [3.05, 3.63) is 46.3 Å². The van der Waals surface area contributed by atoms with Gasteiger partial charge in [-0.2, -0.15) is 4.39 Å². The lowest BCUT2D eigenvalue weighted by molar-refractivity contribution is 0.578. The van der Waals surface area contributed by atoms with Crippen LogP contribution in [0.1, 0.15) is 12.5 Å². The minimum Gasteiger partial charge on any atom is -0.227 e. The van der Waals surface area contributed by atoms with Gasteiger partial charge in [0.05, 0.1) is 0 Å². The Balaban J connectivity index is 3.73. The van der Waals surface area contributed by atoms with Crippen LogP contribution >= 0.6 is 11.6 Å². The van der Waals surface area contributed by atoms with Gasteiger partial charge in [-0.1, -0.05) is 36.9 Å². The second-order valence-electron chi connectivity index (χ2n) is 2.92. The van der Waals surface area contributed by atoms with Crippen molar-refractivity contribution >= 4 is 29.8 Å². The van der Waals surface area contributed by atoms with Crippen LogP contribution in [0.25, 0.3) is 18.2 Å². The van der Waals surface area contributed by atoms with Gasteiger partial charge in [0, 0.05) is 22.0 Å². The maximum absolute atomic E-state index is 13.3. The van der Waals surface area contributed by atoms with Crippen molar-refractivity contribution in [1.82, 2.24) is 4.98 Å². The Morgan fingerprint density at radius 3 is 2.73 bits per heavy atom. The van der Waals surface area contributed by atoms with Gasteiger partial charge in [-0.25, -0.2) is 4.98 Å². The van der Waals surface area contributed by atoms with E-state index in [4.69, 9.17) is 11.6 Å². The molecule has 1 heterocycles. The quantitative estimate of drug-likeness (QED) is 0.701. The van der Waals surface area contributed by atoms with Crippen LogP contribution in [0, 0.1) is 5.95 Å². The minimum atomic E-state index is -0.532. The molecule has 0 aliphatic heterocycles. The molecule has 15 heavy (non-hydrogen) atoms. The summed E-state index contributed by atoms with van der Waals surface area (Å²) in [5, 5.41) is 1.83. The largest absolute Gasteiger partial charge is 0.227 e. The summed E-state index contributed by atoms with van der Waals surface area (Å²) < 4.78 is 13.3. The lowest BCUT2D eigenvalue weighted by Gasteiger charge is -1.98. The van der Waals surface area contributed by atoms with Crippen molar-refractivity contribution in [1.29, 1.82) is 0 Å². The zero-order valence-electron chi connectivity index (χ0n) is 8.43. The van der Waals surface area contributed by atoms with Gasteiger partial charge in [0.15, 0.2) is 0 Å². The van der Waals surface area contributed by atoms with Gasteiger partial charge >= 0.3 is 0 Å². The molecule has 0 amide bonds. The summed E-state index contributed by atoms with van der Waals surface area (Å²) in [6.07, 6.45) is 6.28. The molecule has 0 bridgehead atoms. The number of hydrogen-bond donors (Lipinski definition) is 0. The third-order valence-corrected chi connectivity index (χ3v) is 2.05. The first-order chi connectivity index (χ1) is 7.10. The van der Waals surface area contributed by atoms with Gasteiger partial charge in [-0.3, -0.25) is 0 Å². The lowest BCUT2D eigenvalue weighted by atomic mass is 10.1. The van der Waals surface area contributed by atoms with Crippen LogP contribution in [0.15, 0.2) is 24.4 Å². The molecule has 0 atom stereocenters. The number of halogens is 2. The highest BCUT2D eigenvalue weighted by Crippen LogP contribution is 1.99. The number of nitrogens with zero attached hydrogens (tertiary/aromatic N) is 1. The molecular weight excluding hydrogens is 213 g/mol. The summed E-state index contributed by atoms with van der Waals surface area (Å²) in [5.41, 5.74) is 0.379. The Morgan fingerprint density at radius 2 is 2.27 bits per heavy atom. The van der Waals surface area contributed by atoms with Crippen LogP contribution in [0.2, 0.25) is 0 Å². The molecule has 0 N–H and O–H groups in total. The number of allylic oxidation sites excluding steroid dienone is 1. The van der Waals surface area contributed by atoms with E-state index in [1.54, 1.807) is 12.2 Å². The van der Waals surface area contributed by atoms with Gasteiger partial charge in [0.2, 0.25) is 5.95 Å². The molecule has 78 valence electrons. The molecular formula is C12H11ClFN. The number of hydrogen-bond acceptors (Lipinski definition) is 1. The van der Waals surface area contributed by atoms with Gasteiger partial charge < -0.3 is 0 Å². The summed E-state index contributed by atoms with van der Waals surface area (Å²) in [5.74, 6) is -0.532. The average molecular weight is 224 g/mol. The Hall–Kier alpha value is -1.41. The van der Waals surface area contributed by atoms with E-state index in [9.17, 15) is 4.39 Å². The Morgan fingerprint density at radius 1 is 1.60 bits per heavy atom. The molecule has 0 aliphatic carbocycles. The fourth-order valence-corrected chi connectivity index (χ4v) is 1.45. The molecule has 0 unspecified atom stereocenters. The van der Waals surface area contributed by atoms with Crippen molar-refractivity contribution in [2.75, 3.05) is 0 Å². The normalized spacial score (nSPS) is 13.0. The second kappa shape index (κ2) is 4.89. The number of aromatic nitrogens is 1. The van der Waals surface area contributed by atoms with Crippen LogP contribution in [0.5, 0.6) is 0 Å². The van der Waals surface area contributed by atoms with E-state index in [2.05, 4.69) is 18.1 Å². The van der Waals surface area contributed by atoms with E-state index in [-0.39, 0.29) is 0 Å². The lowest BCUT2D eigenvalue weighted by Crippen LogP contribution is -2.29. The van der Waals surface area contributed by atoms with Crippen LogP contribution in [0.4, 0.5) is 4.39 Å². The van der Waals surface area contributed by atoms with Gasteiger partial charge in [-0.05, 0) is 18.2 Å². The molecule has 1 rings (SSSR count). The highest BCUT2D eigenvalue weighted by Gasteiger charge is 2.01. The SMILES string of the molecule is C=Cc1c(F)ncc(=C/C(=C)Cl)/c1=C\C. The van der Waals surface area contributed by atoms with Crippen molar-refractivity contribution < 1.29 is 4.39 Å². The molecule has 0 radical (unpaired) electrons. The summed E-state index contributed by atoms with van der Waals surface area (Å²) >= 11 is 5.67. The maximum atomic E-state index is 13.3. The third-order valence-electron chi connectivity index (χ3n) is 1.95. The van der Waals surface area contributed by atoms with Crippen molar-refractivity contribution in [2.45, 2.75) is 6.92 Å². The topological polar surface area (TPSA) is 12.9 Å². The molecule has 3 heteroatoms. The van der Waals surface area contributed by atoms with Crippen LogP contribution in [-0.2, 0) is 0 Å². The number of rotatable bonds is 2. The average Bonchev–Trinajstić information content (AvgIpc) is 2.19. The Bertz CT molecular complexity index is 517. The molecule has 0 aliphatic rings. The second-order valence-corrected chi connectivity index (χ2v) is 3.40. The standard InChI is InChI=1S/C12H11ClFN/c1-4-10-9(6-8(3)13)7-15-12(14)11(10)5-2/h4-7H,2-3H2,1H3/b9-6-,10-4+. The zero-order chi connectivity index (χ0) is 11.4. The fourth-order valence-electron chi connectivity index (χ4n) is 1.33. The predicted molar refractivity (Wildman–Crippen MR) is 63.1 cm³/mol. The van der Waals surface area contributed by atoms with Crippen LogP contribution < -0.4 is 10.4 Å². The summed E-state index contributed by atoms with van der Waals surface area (Å²) in [6, 6.07) is 0. The molecule has 0 saturated carbocycles. The molecule has 1 aromatic heterocycles. The van der Waals surface area contributed by atoms with E-state index in [0.717, 1.165) is 10.4 Å². The monoisotopic (exact) mass is 223 g/mol. The van der Waals surface area contributed by atoms with E-state index < -0.39 is 5.95 Å². The first-order valence-electron chi connectivity index (χ1n) is 4.39. The van der Waals surface area contributed by atoms with Crippen molar-refractivity contribution in [2.24, 2.45) is 0 Å². The number of pyridine rings is 1. The molecule has 0 spiro atoms. The highest BCUT2D eigenvalue weighted by molar-refractivity contribution is 6.33. The van der Waals surface area contributed by atoms with Crippen LogP contribution in [-0.4, -0.2) is 4.98 Å². The Kier molecular flexibility index (Phi) is 3.81. The van der Waals surface area contributed by atoms with Crippen molar-refractivity contribution in [3.8, 4) is 0 Å². The summed E-state index contributed by atoms with van der Waals surface area (Å²) in [7, 11) is 0. The molecule has 1 nitrogen and oxygen atoms in total. The van der Waals surface area contributed by atoms with Gasteiger partial charge in [-0.15, -0.1) is 0 Å². The first kappa shape index (κ1) is 11.7. The minimum absolute atomic E-state index is 0.376. The van der Waals surface area contributed by atoms with Crippen molar-refractivity contribution in [3.63, 3.8) is 0 Å². The summed E-state index contributed by atoms with van der Waals surface area (Å²) in [4.78, 5) is 3.62. The Labute approximate surface area is 92.9 Å². The molecule has 0 fully saturated rings. The summed E-state index contributed by atoms with van der Waals surface area (Å²) in [6.45, 7) is 8.92. The predicted octanol–water partition coefficient (Wildman–Crippen LogP) is 2.20. The maximum Gasteiger partial charge on any atom is 0.220 e. The first-order valence-corrected chi connectivity index (χ1v) is 4.77. The van der Waals surface area contributed by atoms with Gasteiger partial charge in [0.25, 0.3) is 0 Å². The van der Waals surface area contributed by atoms with E-state index in [0.29, 0.717) is 10.6 Å². The van der Waals surface area contributed by atoms with Crippen LogP contribution in [0.3, 0.4) is 0 Å². The smallest absolute Gasteiger partial charge is 0.220 e. The zero-order valence-corrected chi connectivity index (χ0v) is 9.18.